The minimum atomic E-state index is -3.40. The average molecular weight is 320 g/mol. The largest absolute Gasteiger partial charge is 0.215 e. The van der Waals surface area contributed by atoms with Crippen molar-refractivity contribution in [1.29, 1.82) is 5.26 Å². The van der Waals surface area contributed by atoms with E-state index in [-0.39, 0.29) is 11.7 Å². The molecule has 0 spiro atoms. The molecule has 110 valence electrons. The highest BCUT2D eigenvalue weighted by molar-refractivity contribution is 7.88. The molecule has 0 aliphatic carbocycles. The number of hydrogen-bond donors (Lipinski definition) is 1. The van der Waals surface area contributed by atoms with E-state index in [0.717, 1.165) is 5.56 Å². The van der Waals surface area contributed by atoms with Crippen LogP contribution >= 0.6 is 11.3 Å². The lowest BCUT2D eigenvalue weighted by Crippen LogP contribution is -2.28. The minimum Gasteiger partial charge on any atom is -0.214 e. The second-order valence-corrected chi connectivity index (χ2v) is 7.46. The van der Waals surface area contributed by atoms with Gasteiger partial charge in [-0.1, -0.05) is 19.1 Å². The van der Waals surface area contributed by atoms with Crippen LogP contribution in [0.2, 0.25) is 0 Å². The Labute approximate surface area is 129 Å². The molecule has 0 saturated heterocycles. The zero-order valence-corrected chi connectivity index (χ0v) is 13.2. The monoisotopic (exact) mass is 320 g/mol. The van der Waals surface area contributed by atoms with Gasteiger partial charge in [0.15, 0.2) is 0 Å². The van der Waals surface area contributed by atoms with Crippen molar-refractivity contribution in [2.45, 2.75) is 18.6 Å². The number of rotatable bonds is 6. The molecule has 1 heterocycles. The number of sulfonamides is 1. The second kappa shape index (κ2) is 6.85. The lowest BCUT2D eigenvalue weighted by atomic mass is 10.1. The van der Waals surface area contributed by atoms with Crippen molar-refractivity contribution in [3.05, 3.63) is 57.8 Å². The van der Waals surface area contributed by atoms with Gasteiger partial charge in [0.05, 0.1) is 17.4 Å². The SMILES string of the molecule is C[C@@H](CNS(=O)(=O)Cc1cccc(C#N)c1)c1ccsc1. The number of nitrogens with one attached hydrogen (secondary N) is 1. The number of nitriles is 1. The van der Waals surface area contributed by atoms with E-state index in [2.05, 4.69) is 4.72 Å². The summed E-state index contributed by atoms with van der Waals surface area (Å²) < 4.78 is 26.8. The van der Waals surface area contributed by atoms with Gasteiger partial charge in [-0.2, -0.15) is 16.6 Å². The predicted molar refractivity (Wildman–Crippen MR) is 84.5 cm³/mol. The van der Waals surface area contributed by atoms with Crippen LogP contribution in [0.15, 0.2) is 41.1 Å². The van der Waals surface area contributed by atoms with E-state index in [1.54, 1.807) is 35.6 Å². The van der Waals surface area contributed by atoms with Crippen molar-refractivity contribution in [1.82, 2.24) is 4.72 Å². The van der Waals surface area contributed by atoms with E-state index < -0.39 is 10.0 Å². The van der Waals surface area contributed by atoms with Gasteiger partial charge in [-0.15, -0.1) is 0 Å². The predicted octanol–water partition coefficient (Wildman–Crippen LogP) is 2.84. The van der Waals surface area contributed by atoms with Crippen LogP contribution < -0.4 is 4.72 Å². The van der Waals surface area contributed by atoms with Crippen molar-refractivity contribution in [2.24, 2.45) is 0 Å². The molecule has 1 N–H and O–H groups in total. The molecule has 1 aromatic heterocycles. The topological polar surface area (TPSA) is 70.0 Å². The summed E-state index contributed by atoms with van der Waals surface area (Å²) in [7, 11) is -3.40. The molecule has 0 unspecified atom stereocenters. The maximum absolute atomic E-state index is 12.1. The second-order valence-electron chi connectivity index (χ2n) is 4.88. The van der Waals surface area contributed by atoms with Crippen LogP contribution in [0.25, 0.3) is 0 Å². The van der Waals surface area contributed by atoms with E-state index in [1.165, 1.54) is 0 Å². The highest BCUT2D eigenvalue weighted by atomic mass is 32.2. The molecule has 0 aliphatic rings. The van der Waals surface area contributed by atoms with Gasteiger partial charge in [-0.05, 0) is 46.0 Å². The first-order chi connectivity index (χ1) is 10.00. The van der Waals surface area contributed by atoms with Crippen molar-refractivity contribution in [3.8, 4) is 6.07 Å². The molecule has 21 heavy (non-hydrogen) atoms. The lowest BCUT2D eigenvalue weighted by Gasteiger charge is -2.12. The van der Waals surface area contributed by atoms with E-state index >= 15 is 0 Å². The van der Waals surface area contributed by atoms with Gasteiger partial charge >= 0.3 is 0 Å². The van der Waals surface area contributed by atoms with E-state index in [0.29, 0.717) is 17.7 Å². The molecule has 6 heteroatoms. The highest BCUT2D eigenvalue weighted by Gasteiger charge is 2.14. The molecule has 0 bridgehead atoms. The molecular formula is C15H16N2O2S2. The maximum atomic E-state index is 12.1. The number of benzene rings is 1. The van der Waals surface area contributed by atoms with E-state index in [1.807, 2.05) is 29.8 Å². The fraction of sp³-hybridized carbons (Fsp3) is 0.267. The van der Waals surface area contributed by atoms with Crippen LogP contribution in [0.1, 0.15) is 29.5 Å². The summed E-state index contributed by atoms with van der Waals surface area (Å²) in [6.07, 6.45) is 0. The lowest BCUT2D eigenvalue weighted by molar-refractivity contribution is 0.574. The molecule has 2 aromatic rings. The molecule has 0 saturated carbocycles. The molecule has 0 radical (unpaired) electrons. The average Bonchev–Trinajstić information content (AvgIpc) is 2.99. The van der Waals surface area contributed by atoms with Crippen LogP contribution in [0.3, 0.4) is 0 Å². The summed E-state index contributed by atoms with van der Waals surface area (Å²) >= 11 is 1.60. The van der Waals surface area contributed by atoms with Crippen molar-refractivity contribution >= 4 is 21.4 Å². The standard InChI is InChI=1S/C15H16N2O2S2/c1-12(15-5-6-20-10-15)9-17-21(18,19)11-14-4-2-3-13(7-14)8-16/h2-7,10,12,17H,9,11H2,1H3/t12-/m0/s1. The van der Waals surface area contributed by atoms with E-state index in [4.69, 9.17) is 5.26 Å². The van der Waals surface area contributed by atoms with Gasteiger partial charge in [0.25, 0.3) is 0 Å². The van der Waals surface area contributed by atoms with Crippen molar-refractivity contribution < 1.29 is 8.42 Å². The normalized spacial score (nSPS) is 12.8. The summed E-state index contributed by atoms with van der Waals surface area (Å²) in [5.74, 6) is 0.0234. The summed E-state index contributed by atoms with van der Waals surface area (Å²) in [4.78, 5) is 0. The van der Waals surface area contributed by atoms with Gasteiger partial charge in [0, 0.05) is 6.54 Å². The van der Waals surface area contributed by atoms with Gasteiger partial charge < -0.3 is 0 Å². The first kappa shape index (κ1) is 15.7. The van der Waals surface area contributed by atoms with Gasteiger partial charge in [-0.25, -0.2) is 13.1 Å². The number of hydrogen-bond acceptors (Lipinski definition) is 4. The Hall–Kier alpha value is -1.68. The third kappa shape index (κ3) is 4.67. The smallest absolute Gasteiger partial charge is 0.214 e. The quantitative estimate of drug-likeness (QED) is 0.889. The van der Waals surface area contributed by atoms with Crippen LogP contribution in [0.4, 0.5) is 0 Å². The molecular weight excluding hydrogens is 304 g/mol. The van der Waals surface area contributed by atoms with Crippen LogP contribution in [0, 0.1) is 11.3 Å². The third-order valence-electron chi connectivity index (χ3n) is 3.13. The molecule has 1 aromatic carbocycles. The molecule has 2 rings (SSSR count). The fourth-order valence-corrected chi connectivity index (χ4v) is 3.93. The molecule has 0 amide bonds. The number of nitrogens with zero attached hydrogens (tertiary/aromatic N) is 1. The highest BCUT2D eigenvalue weighted by Crippen LogP contribution is 2.17. The zero-order valence-electron chi connectivity index (χ0n) is 11.6. The Morgan fingerprint density at radius 3 is 2.86 bits per heavy atom. The minimum absolute atomic E-state index is 0.112. The Balaban J connectivity index is 1.97. The Morgan fingerprint density at radius 2 is 2.19 bits per heavy atom. The summed E-state index contributed by atoms with van der Waals surface area (Å²) in [5, 5.41) is 12.8. The van der Waals surface area contributed by atoms with Crippen LogP contribution in [0.5, 0.6) is 0 Å². The first-order valence-corrected chi connectivity index (χ1v) is 9.08. The zero-order chi connectivity index (χ0) is 15.3. The number of thiophene rings is 1. The van der Waals surface area contributed by atoms with Gasteiger partial charge in [0.1, 0.15) is 0 Å². The van der Waals surface area contributed by atoms with Crippen molar-refractivity contribution in [3.63, 3.8) is 0 Å². The van der Waals surface area contributed by atoms with Gasteiger partial charge in [0.2, 0.25) is 10.0 Å². The Bertz CT molecular complexity index is 731. The molecule has 4 nitrogen and oxygen atoms in total. The van der Waals surface area contributed by atoms with Crippen LogP contribution in [-0.2, 0) is 15.8 Å². The fourth-order valence-electron chi connectivity index (χ4n) is 1.93. The maximum Gasteiger partial charge on any atom is 0.215 e. The van der Waals surface area contributed by atoms with Gasteiger partial charge in [-0.3, -0.25) is 0 Å². The Kier molecular flexibility index (Phi) is 5.12. The van der Waals surface area contributed by atoms with E-state index in [9.17, 15) is 8.42 Å². The molecule has 0 aliphatic heterocycles. The van der Waals surface area contributed by atoms with Crippen LogP contribution in [-0.4, -0.2) is 15.0 Å². The molecule has 1 atom stereocenters. The summed E-state index contributed by atoms with van der Waals surface area (Å²) in [6.45, 7) is 2.36. The summed E-state index contributed by atoms with van der Waals surface area (Å²) in [5.41, 5.74) is 2.22. The molecule has 0 fully saturated rings. The first-order valence-electron chi connectivity index (χ1n) is 6.48. The van der Waals surface area contributed by atoms with Crippen molar-refractivity contribution in [2.75, 3.05) is 6.54 Å². The Morgan fingerprint density at radius 1 is 1.38 bits per heavy atom. The summed E-state index contributed by atoms with van der Waals surface area (Å²) in [6, 6.07) is 10.7. The third-order valence-corrected chi connectivity index (χ3v) is 5.16.